The number of aromatic amines is 1. The van der Waals surface area contributed by atoms with Crippen molar-refractivity contribution in [1.82, 2.24) is 14.2 Å². The molecule has 0 aliphatic carbocycles. The summed E-state index contributed by atoms with van der Waals surface area (Å²) in [6, 6.07) is 5.06. The monoisotopic (exact) mass is 495 g/mol. The molecule has 0 aromatic carbocycles. The summed E-state index contributed by atoms with van der Waals surface area (Å²) in [5.74, 6) is 0. The van der Waals surface area contributed by atoms with E-state index in [4.69, 9.17) is 4.74 Å². The van der Waals surface area contributed by atoms with Gasteiger partial charge in [0.15, 0.2) is 0 Å². The first-order chi connectivity index (χ1) is 15.3. The van der Waals surface area contributed by atoms with Crippen molar-refractivity contribution >= 4 is 27.5 Å². The lowest BCUT2D eigenvalue weighted by Gasteiger charge is -2.36. The maximum Gasteiger partial charge on any atom is 0.410 e. The minimum atomic E-state index is -3.68. The molecule has 1 saturated heterocycles. The predicted molar refractivity (Wildman–Crippen MR) is 130 cm³/mol. The highest BCUT2D eigenvalue weighted by molar-refractivity contribution is 7.91. The number of thiophene rings is 1. The van der Waals surface area contributed by atoms with Crippen LogP contribution >= 0.6 is 11.3 Å². The molecule has 1 aliphatic rings. The van der Waals surface area contributed by atoms with Crippen molar-refractivity contribution < 1.29 is 17.9 Å². The fourth-order valence-corrected chi connectivity index (χ4v) is 6.85. The first kappa shape index (κ1) is 25.5. The highest BCUT2D eigenvalue weighted by Gasteiger charge is 2.34. The lowest BCUT2D eigenvalue weighted by atomic mass is 10.1. The van der Waals surface area contributed by atoms with Crippen LogP contribution in [0.4, 0.5) is 4.79 Å². The molecule has 1 amide bonds. The third-order valence-electron chi connectivity index (χ3n) is 5.81. The van der Waals surface area contributed by atoms with Gasteiger partial charge in [0.1, 0.15) is 9.81 Å². The summed E-state index contributed by atoms with van der Waals surface area (Å²) in [5, 5.41) is 0. The molecule has 2 aromatic rings. The number of H-pyrrole nitrogens is 1. The molecule has 0 unspecified atom stereocenters. The largest absolute Gasteiger partial charge is 0.444 e. The molecule has 0 radical (unpaired) electrons. The summed E-state index contributed by atoms with van der Waals surface area (Å²) in [7, 11) is -2.08. The average molecular weight is 496 g/mol. The Morgan fingerprint density at radius 1 is 1.27 bits per heavy atom. The highest BCUT2D eigenvalue weighted by Crippen LogP contribution is 2.34. The normalized spacial score (nSPS) is 15.8. The molecular weight excluding hydrogens is 462 g/mol. The summed E-state index contributed by atoms with van der Waals surface area (Å²) < 4.78 is 33.7. The number of nitrogens with one attached hydrogen (secondary N) is 1. The molecule has 182 valence electrons. The van der Waals surface area contributed by atoms with E-state index in [1.807, 2.05) is 40.7 Å². The molecule has 33 heavy (non-hydrogen) atoms. The van der Waals surface area contributed by atoms with Gasteiger partial charge in [-0.15, -0.1) is 11.3 Å². The molecule has 0 saturated carbocycles. The number of sulfonamides is 1. The quantitative estimate of drug-likeness (QED) is 0.676. The maximum absolute atomic E-state index is 13.3. The van der Waals surface area contributed by atoms with Crippen molar-refractivity contribution in [3.63, 3.8) is 0 Å². The Hall–Kier alpha value is -2.17. The minimum absolute atomic E-state index is 0.111. The first-order valence-corrected chi connectivity index (χ1v) is 13.4. The number of piperidine rings is 1. The van der Waals surface area contributed by atoms with E-state index in [1.54, 1.807) is 24.1 Å². The van der Waals surface area contributed by atoms with Crippen LogP contribution in [0.3, 0.4) is 0 Å². The summed E-state index contributed by atoms with van der Waals surface area (Å²) in [6.45, 7) is 10.1. The van der Waals surface area contributed by atoms with E-state index >= 15 is 0 Å². The lowest BCUT2D eigenvalue weighted by Crippen LogP contribution is -2.48. The third-order valence-corrected chi connectivity index (χ3v) is 9.30. The van der Waals surface area contributed by atoms with Crippen LogP contribution in [0, 0.1) is 6.92 Å². The van der Waals surface area contributed by atoms with Gasteiger partial charge in [-0.25, -0.2) is 13.2 Å². The number of likely N-dealkylation sites (tertiary alicyclic amines) is 1. The molecule has 1 aliphatic heterocycles. The number of hydrogen-bond donors (Lipinski definition) is 1. The van der Waals surface area contributed by atoms with Gasteiger partial charge in [-0.1, -0.05) is 6.92 Å². The Balaban J connectivity index is 1.74. The van der Waals surface area contributed by atoms with Crippen LogP contribution in [-0.4, -0.2) is 60.5 Å². The van der Waals surface area contributed by atoms with Crippen molar-refractivity contribution in [2.45, 2.75) is 69.7 Å². The van der Waals surface area contributed by atoms with Crippen LogP contribution in [0.15, 0.2) is 27.2 Å². The van der Waals surface area contributed by atoms with E-state index < -0.39 is 15.6 Å². The second-order valence-electron chi connectivity index (χ2n) is 9.35. The molecule has 8 nitrogen and oxygen atoms in total. The number of pyridine rings is 1. The first-order valence-electron chi connectivity index (χ1n) is 11.1. The lowest BCUT2D eigenvalue weighted by molar-refractivity contribution is 0.0183. The molecule has 10 heteroatoms. The fraction of sp³-hybridized carbons (Fsp3) is 0.565. The number of ether oxygens (including phenoxy) is 1. The summed E-state index contributed by atoms with van der Waals surface area (Å²) in [5.41, 5.74) is 1.55. The molecular formula is C23H33N3O5S2. The molecule has 1 N–H and O–H groups in total. The van der Waals surface area contributed by atoms with Gasteiger partial charge in [0.25, 0.3) is 15.6 Å². The topological polar surface area (TPSA) is 99.8 Å². The zero-order valence-electron chi connectivity index (χ0n) is 20.1. The van der Waals surface area contributed by atoms with Gasteiger partial charge in [0, 0.05) is 47.9 Å². The van der Waals surface area contributed by atoms with Crippen molar-refractivity contribution in [3.05, 3.63) is 39.8 Å². The van der Waals surface area contributed by atoms with Crippen molar-refractivity contribution in [2.24, 2.45) is 0 Å². The van der Waals surface area contributed by atoms with Crippen LogP contribution in [0.25, 0.3) is 10.4 Å². The Kier molecular flexibility index (Phi) is 7.40. The molecule has 0 atom stereocenters. The number of aryl methyl sites for hydroxylation is 2. The number of carbonyl (C=O) groups is 1. The van der Waals surface area contributed by atoms with Crippen LogP contribution in [0.2, 0.25) is 0 Å². The number of nitrogens with zero attached hydrogens (tertiary/aromatic N) is 2. The van der Waals surface area contributed by atoms with Gasteiger partial charge in [-0.3, -0.25) is 4.79 Å². The number of hydrogen-bond acceptors (Lipinski definition) is 6. The van der Waals surface area contributed by atoms with Gasteiger partial charge < -0.3 is 14.6 Å². The van der Waals surface area contributed by atoms with Crippen LogP contribution in [0.5, 0.6) is 0 Å². The van der Waals surface area contributed by atoms with E-state index in [-0.39, 0.29) is 21.9 Å². The third kappa shape index (κ3) is 5.67. The Morgan fingerprint density at radius 2 is 1.91 bits per heavy atom. The Bertz CT molecular complexity index is 1170. The van der Waals surface area contributed by atoms with Gasteiger partial charge in [0.05, 0.1) is 0 Å². The van der Waals surface area contributed by atoms with Gasteiger partial charge in [-0.2, -0.15) is 4.31 Å². The van der Waals surface area contributed by atoms with E-state index in [1.165, 1.54) is 15.6 Å². The highest BCUT2D eigenvalue weighted by atomic mass is 32.2. The van der Waals surface area contributed by atoms with Crippen LogP contribution in [-0.2, 0) is 21.2 Å². The number of amides is 1. The Morgan fingerprint density at radius 3 is 2.48 bits per heavy atom. The van der Waals surface area contributed by atoms with E-state index in [0.29, 0.717) is 43.6 Å². The minimum Gasteiger partial charge on any atom is -0.444 e. The van der Waals surface area contributed by atoms with E-state index in [0.717, 1.165) is 10.4 Å². The van der Waals surface area contributed by atoms with Crippen LogP contribution in [0.1, 0.15) is 51.8 Å². The van der Waals surface area contributed by atoms with E-state index in [2.05, 4.69) is 4.98 Å². The maximum atomic E-state index is 13.3. The zero-order valence-corrected chi connectivity index (χ0v) is 21.7. The second kappa shape index (κ2) is 9.60. The standard InChI is InChI=1S/C23H33N3O5S2/c1-7-16-14-18(15(2)24-21(16)27)19-8-9-20(32-19)33(29,30)25(6)17-10-12-26(13-11-17)22(28)31-23(3,4)5/h8-9,14,17H,7,10-13H2,1-6H3,(H,24,27). The molecule has 1 fully saturated rings. The number of aromatic nitrogens is 1. The SMILES string of the molecule is CCc1cc(-c2ccc(S(=O)(=O)N(C)C3CCN(C(=O)OC(C)(C)C)CC3)s2)c(C)[nH]c1=O. The molecule has 3 heterocycles. The van der Waals surface area contributed by atoms with Crippen molar-refractivity contribution in [3.8, 4) is 10.4 Å². The van der Waals surface area contributed by atoms with Crippen LogP contribution < -0.4 is 5.56 Å². The fourth-order valence-electron chi connectivity index (χ4n) is 3.86. The van der Waals surface area contributed by atoms with Crippen molar-refractivity contribution in [1.29, 1.82) is 0 Å². The summed E-state index contributed by atoms with van der Waals surface area (Å²) in [4.78, 5) is 29.6. The van der Waals surface area contributed by atoms with Gasteiger partial charge >= 0.3 is 6.09 Å². The second-order valence-corrected chi connectivity index (χ2v) is 12.7. The van der Waals surface area contributed by atoms with E-state index in [9.17, 15) is 18.0 Å². The summed E-state index contributed by atoms with van der Waals surface area (Å²) in [6.07, 6.45) is 1.33. The number of carbonyl (C=O) groups excluding carboxylic acids is 1. The predicted octanol–water partition coefficient (Wildman–Crippen LogP) is 3.99. The average Bonchev–Trinajstić information content (AvgIpc) is 3.23. The van der Waals surface area contributed by atoms with Crippen molar-refractivity contribution in [2.75, 3.05) is 20.1 Å². The molecule has 0 bridgehead atoms. The molecule has 3 rings (SSSR count). The molecule has 2 aromatic heterocycles. The van der Waals surface area contributed by atoms with Gasteiger partial charge in [0.2, 0.25) is 0 Å². The summed E-state index contributed by atoms with van der Waals surface area (Å²) >= 11 is 1.20. The number of rotatable bonds is 5. The Labute approximate surface area is 199 Å². The molecule has 0 spiro atoms. The smallest absolute Gasteiger partial charge is 0.410 e. The zero-order chi connectivity index (χ0) is 24.6. The van der Waals surface area contributed by atoms with Gasteiger partial charge in [-0.05, 0) is 65.2 Å².